The lowest BCUT2D eigenvalue weighted by atomic mass is 10.3. The minimum atomic E-state index is -0.663. The topological polar surface area (TPSA) is 108 Å². The number of ether oxygens (including phenoxy) is 1. The molecule has 20 heavy (non-hydrogen) atoms. The monoisotopic (exact) mass is 295 g/mol. The van der Waals surface area contributed by atoms with Gasteiger partial charge in [0.15, 0.2) is 0 Å². The molecule has 0 saturated heterocycles. The van der Waals surface area contributed by atoms with E-state index in [2.05, 4.69) is 4.98 Å². The molecule has 0 amide bonds. The normalized spacial score (nSPS) is 10.1. The van der Waals surface area contributed by atoms with Gasteiger partial charge in [-0.3, -0.25) is 20.2 Å². The summed E-state index contributed by atoms with van der Waals surface area (Å²) in [6, 6.07) is 7.48. The lowest BCUT2D eigenvalue weighted by molar-refractivity contribution is -0.386. The first-order chi connectivity index (χ1) is 9.47. The van der Waals surface area contributed by atoms with Gasteiger partial charge in [-0.1, -0.05) is 11.6 Å². The fourth-order valence-corrected chi connectivity index (χ4v) is 1.51. The fraction of sp³-hybridized carbons (Fsp3) is 0. The van der Waals surface area contributed by atoms with Gasteiger partial charge in [0.1, 0.15) is 10.9 Å². The van der Waals surface area contributed by atoms with Gasteiger partial charge in [0, 0.05) is 18.2 Å². The Morgan fingerprint density at radius 2 is 1.65 bits per heavy atom. The second-order valence-corrected chi connectivity index (χ2v) is 3.96. The molecule has 0 N–H and O–H groups in total. The highest BCUT2D eigenvalue weighted by atomic mass is 35.5. The van der Waals surface area contributed by atoms with E-state index in [-0.39, 0.29) is 28.2 Å². The number of hydrogen-bond acceptors (Lipinski definition) is 6. The van der Waals surface area contributed by atoms with Gasteiger partial charge in [-0.25, -0.2) is 0 Å². The number of aromatic nitrogens is 1. The van der Waals surface area contributed by atoms with E-state index >= 15 is 0 Å². The zero-order chi connectivity index (χ0) is 14.7. The van der Waals surface area contributed by atoms with Crippen LogP contribution in [0.3, 0.4) is 0 Å². The molecule has 2 aromatic rings. The third-order valence-electron chi connectivity index (χ3n) is 2.26. The molecule has 0 unspecified atom stereocenters. The third kappa shape index (κ3) is 2.98. The summed E-state index contributed by atoms with van der Waals surface area (Å²) in [7, 11) is 0. The minimum Gasteiger partial charge on any atom is -0.434 e. The van der Waals surface area contributed by atoms with Gasteiger partial charge >= 0.3 is 11.6 Å². The minimum absolute atomic E-state index is 0.0347. The van der Waals surface area contributed by atoms with E-state index in [9.17, 15) is 20.2 Å². The Balaban J connectivity index is 2.31. The summed E-state index contributed by atoms with van der Waals surface area (Å²) in [5, 5.41) is 21.4. The fourth-order valence-electron chi connectivity index (χ4n) is 1.37. The molecule has 1 heterocycles. The number of hydrogen-bond donors (Lipinski definition) is 0. The molecular formula is C11H6ClN3O5. The molecule has 0 atom stereocenters. The first-order valence-corrected chi connectivity index (χ1v) is 5.58. The second kappa shape index (κ2) is 5.49. The van der Waals surface area contributed by atoms with E-state index in [4.69, 9.17) is 16.3 Å². The van der Waals surface area contributed by atoms with Crippen molar-refractivity contribution in [1.29, 1.82) is 0 Å². The van der Waals surface area contributed by atoms with Gasteiger partial charge in [-0.05, 0) is 18.2 Å². The van der Waals surface area contributed by atoms with Gasteiger partial charge < -0.3 is 4.74 Å². The van der Waals surface area contributed by atoms with Crippen molar-refractivity contribution in [3.63, 3.8) is 0 Å². The van der Waals surface area contributed by atoms with Crippen LogP contribution in [0.4, 0.5) is 11.4 Å². The van der Waals surface area contributed by atoms with E-state index in [0.717, 1.165) is 6.07 Å². The van der Waals surface area contributed by atoms with Crippen LogP contribution in [-0.4, -0.2) is 14.8 Å². The molecule has 0 saturated carbocycles. The Bertz CT molecular complexity index is 674. The number of non-ortho nitro benzene ring substituents is 1. The largest absolute Gasteiger partial charge is 0.434 e. The number of nitro groups is 2. The SMILES string of the molecule is O=[N+]([O-])c1ccc(Oc2nc(Cl)ccc2[N+](=O)[O-])cc1. The molecule has 0 aliphatic rings. The summed E-state index contributed by atoms with van der Waals surface area (Å²) in [5.41, 5.74) is -0.473. The second-order valence-electron chi connectivity index (χ2n) is 3.57. The third-order valence-corrected chi connectivity index (χ3v) is 2.48. The Hall–Kier alpha value is -2.74. The number of benzene rings is 1. The van der Waals surface area contributed by atoms with E-state index in [0.29, 0.717) is 0 Å². The van der Waals surface area contributed by atoms with E-state index < -0.39 is 9.85 Å². The van der Waals surface area contributed by atoms with Crippen molar-refractivity contribution in [3.05, 3.63) is 61.8 Å². The molecule has 0 radical (unpaired) electrons. The van der Waals surface area contributed by atoms with Crippen LogP contribution in [-0.2, 0) is 0 Å². The Labute approximate surface area is 116 Å². The highest BCUT2D eigenvalue weighted by molar-refractivity contribution is 6.29. The van der Waals surface area contributed by atoms with Crippen molar-refractivity contribution in [2.45, 2.75) is 0 Å². The number of nitro benzene ring substituents is 1. The summed E-state index contributed by atoms with van der Waals surface area (Å²) in [6.07, 6.45) is 0. The van der Waals surface area contributed by atoms with Crippen LogP contribution in [0, 0.1) is 20.2 Å². The van der Waals surface area contributed by atoms with Crippen molar-refractivity contribution in [2.24, 2.45) is 0 Å². The van der Waals surface area contributed by atoms with Crippen LogP contribution in [0.2, 0.25) is 5.15 Å². The lowest BCUT2D eigenvalue weighted by Gasteiger charge is -2.05. The molecule has 9 heteroatoms. The standard InChI is InChI=1S/C11H6ClN3O5/c12-10-6-5-9(15(18)19)11(13-10)20-8-3-1-7(2-4-8)14(16)17/h1-6H. The number of halogens is 1. The van der Waals surface area contributed by atoms with Crippen molar-refractivity contribution in [2.75, 3.05) is 0 Å². The molecule has 0 aliphatic heterocycles. The zero-order valence-electron chi connectivity index (χ0n) is 9.72. The van der Waals surface area contributed by atoms with Gasteiger partial charge in [0.05, 0.1) is 9.85 Å². The van der Waals surface area contributed by atoms with Crippen LogP contribution in [0.1, 0.15) is 0 Å². The quantitative estimate of drug-likeness (QED) is 0.486. The van der Waals surface area contributed by atoms with Crippen LogP contribution >= 0.6 is 11.6 Å². The Morgan fingerprint density at radius 3 is 2.20 bits per heavy atom. The van der Waals surface area contributed by atoms with Crippen molar-refractivity contribution >= 4 is 23.0 Å². The van der Waals surface area contributed by atoms with Crippen LogP contribution in [0.15, 0.2) is 36.4 Å². The van der Waals surface area contributed by atoms with Crippen molar-refractivity contribution in [3.8, 4) is 11.6 Å². The van der Waals surface area contributed by atoms with E-state index in [1.807, 2.05) is 0 Å². The highest BCUT2D eigenvalue weighted by Crippen LogP contribution is 2.31. The molecule has 0 spiro atoms. The van der Waals surface area contributed by atoms with Gasteiger partial charge in [-0.15, -0.1) is 0 Å². The highest BCUT2D eigenvalue weighted by Gasteiger charge is 2.18. The summed E-state index contributed by atoms with van der Waals surface area (Å²) in [4.78, 5) is 23.8. The van der Waals surface area contributed by atoms with Crippen LogP contribution in [0.5, 0.6) is 11.6 Å². The van der Waals surface area contributed by atoms with Crippen molar-refractivity contribution < 1.29 is 14.6 Å². The molecular weight excluding hydrogens is 290 g/mol. The van der Waals surface area contributed by atoms with Gasteiger partial charge in [0.2, 0.25) is 0 Å². The predicted octanol–water partition coefficient (Wildman–Crippen LogP) is 3.34. The summed E-state index contributed by atoms with van der Waals surface area (Å²) in [6.45, 7) is 0. The number of pyridine rings is 1. The van der Waals surface area contributed by atoms with Crippen LogP contribution < -0.4 is 4.74 Å². The first-order valence-electron chi connectivity index (χ1n) is 5.20. The molecule has 0 bridgehead atoms. The lowest BCUT2D eigenvalue weighted by Crippen LogP contribution is -1.96. The summed E-state index contributed by atoms with van der Waals surface area (Å²) >= 11 is 5.65. The number of nitrogens with zero attached hydrogens (tertiary/aromatic N) is 3. The number of rotatable bonds is 4. The summed E-state index contributed by atoms with van der Waals surface area (Å²) < 4.78 is 5.23. The van der Waals surface area contributed by atoms with Gasteiger partial charge in [0.25, 0.3) is 5.69 Å². The Kier molecular flexibility index (Phi) is 3.76. The maximum atomic E-state index is 10.8. The average molecular weight is 296 g/mol. The maximum Gasteiger partial charge on any atom is 0.331 e. The summed E-state index contributed by atoms with van der Waals surface area (Å²) in [5.74, 6) is -0.107. The van der Waals surface area contributed by atoms with E-state index in [1.165, 1.54) is 30.3 Å². The van der Waals surface area contributed by atoms with Crippen LogP contribution in [0.25, 0.3) is 0 Å². The molecule has 8 nitrogen and oxygen atoms in total. The maximum absolute atomic E-state index is 10.8. The predicted molar refractivity (Wildman–Crippen MR) is 69.1 cm³/mol. The smallest absolute Gasteiger partial charge is 0.331 e. The van der Waals surface area contributed by atoms with Gasteiger partial charge in [-0.2, -0.15) is 4.98 Å². The zero-order valence-corrected chi connectivity index (χ0v) is 10.5. The van der Waals surface area contributed by atoms with E-state index in [1.54, 1.807) is 0 Å². The average Bonchev–Trinajstić information content (AvgIpc) is 2.39. The molecule has 2 rings (SSSR count). The molecule has 102 valence electrons. The molecule has 1 aromatic heterocycles. The molecule has 0 fully saturated rings. The molecule has 1 aromatic carbocycles. The first kappa shape index (κ1) is 13.7. The van der Waals surface area contributed by atoms with Crippen molar-refractivity contribution in [1.82, 2.24) is 4.98 Å². The Morgan fingerprint density at radius 1 is 1.00 bits per heavy atom. The molecule has 0 aliphatic carbocycles.